The van der Waals surface area contributed by atoms with Gasteiger partial charge in [0.2, 0.25) is 0 Å². The maximum Gasteiger partial charge on any atom is 0.163 e. The Balaban J connectivity index is 2.05. The van der Waals surface area contributed by atoms with E-state index < -0.39 is 0 Å². The normalized spacial score (nSPS) is 10.3. The number of hydrogen-bond donors (Lipinski definition) is 1. The first-order valence-corrected chi connectivity index (χ1v) is 8.21. The Morgan fingerprint density at radius 3 is 2.45 bits per heavy atom. The van der Waals surface area contributed by atoms with Crippen molar-refractivity contribution < 1.29 is 9.47 Å². The second-order valence-corrected chi connectivity index (χ2v) is 6.63. The van der Waals surface area contributed by atoms with Gasteiger partial charge in [0.15, 0.2) is 11.5 Å². The Morgan fingerprint density at radius 2 is 1.80 bits per heavy atom. The third-order valence-electron chi connectivity index (χ3n) is 2.64. The Kier molecular flexibility index (Phi) is 5.73. The maximum atomic E-state index is 5.62. The monoisotopic (exact) mass is 355 g/mol. The first-order valence-electron chi connectivity index (χ1n) is 6.60. The lowest BCUT2D eigenvalue weighted by Crippen LogP contribution is -2.01. The molecule has 2 rings (SSSR count). The van der Waals surface area contributed by atoms with Crippen LogP contribution in [0.25, 0.3) is 0 Å². The largest absolute Gasteiger partial charge is 0.490 e. The molecular weight excluding hydrogens is 338 g/mol. The fourth-order valence-electron chi connectivity index (χ4n) is 1.80. The third kappa shape index (κ3) is 4.15. The van der Waals surface area contributed by atoms with Gasteiger partial charge in [0, 0.05) is 23.2 Å². The zero-order valence-corrected chi connectivity index (χ0v) is 14.0. The smallest absolute Gasteiger partial charge is 0.163 e. The van der Waals surface area contributed by atoms with Crippen LogP contribution in [0.3, 0.4) is 0 Å². The quantitative estimate of drug-likeness (QED) is 0.764. The zero-order valence-electron chi connectivity index (χ0n) is 11.6. The highest BCUT2D eigenvalue weighted by molar-refractivity contribution is 9.11. The Bertz CT molecular complexity index is 557. The van der Waals surface area contributed by atoms with Crippen LogP contribution >= 0.6 is 27.3 Å². The molecule has 1 heterocycles. The molecule has 1 aromatic heterocycles. The molecule has 0 aliphatic carbocycles. The Hall–Kier alpha value is -1.20. The molecule has 0 atom stereocenters. The van der Waals surface area contributed by atoms with Crippen molar-refractivity contribution >= 4 is 33.0 Å². The molecule has 0 saturated carbocycles. The van der Waals surface area contributed by atoms with Gasteiger partial charge in [-0.25, -0.2) is 0 Å². The van der Waals surface area contributed by atoms with E-state index in [2.05, 4.69) is 33.4 Å². The highest BCUT2D eigenvalue weighted by Crippen LogP contribution is 2.31. The lowest BCUT2D eigenvalue weighted by atomic mass is 10.2. The fourth-order valence-corrected chi connectivity index (χ4v) is 3.22. The molecule has 20 heavy (non-hydrogen) atoms. The van der Waals surface area contributed by atoms with Gasteiger partial charge in [-0.2, -0.15) is 0 Å². The van der Waals surface area contributed by atoms with Crippen molar-refractivity contribution in [1.29, 1.82) is 0 Å². The molecule has 1 aromatic carbocycles. The molecule has 0 radical (unpaired) electrons. The number of halogens is 1. The van der Waals surface area contributed by atoms with Gasteiger partial charge in [-0.1, -0.05) is 0 Å². The van der Waals surface area contributed by atoms with E-state index >= 15 is 0 Å². The van der Waals surface area contributed by atoms with Crippen LogP contribution in [0.5, 0.6) is 11.5 Å². The molecule has 5 heteroatoms. The van der Waals surface area contributed by atoms with Crippen LogP contribution in [0.1, 0.15) is 18.7 Å². The summed E-state index contributed by atoms with van der Waals surface area (Å²) in [7, 11) is 0. The van der Waals surface area contributed by atoms with Crippen molar-refractivity contribution in [2.45, 2.75) is 20.4 Å². The minimum atomic E-state index is 0.626. The van der Waals surface area contributed by atoms with Gasteiger partial charge >= 0.3 is 0 Å². The van der Waals surface area contributed by atoms with E-state index in [4.69, 9.17) is 9.47 Å². The van der Waals surface area contributed by atoms with Crippen LogP contribution in [-0.4, -0.2) is 13.2 Å². The molecule has 0 spiro atoms. The summed E-state index contributed by atoms with van der Waals surface area (Å²) in [6.07, 6.45) is 0. The van der Waals surface area contributed by atoms with Gasteiger partial charge in [-0.15, -0.1) is 11.3 Å². The molecule has 0 saturated heterocycles. The molecule has 0 fully saturated rings. The summed E-state index contributed by atoms with van der Waals surface area (Å²) >= 11 is 5.20. The van der Waals surface area contributed by atoms with Crippen LogP contribution in [0, 0.1) is 0 Å². The second-order valence-electron chi connectivity index (χ2n) is 4.09. The summed E-state index contributed by atoms with van der Waals surface area (Å²) in [6.45, 7) is 6.00. The first-order chi connectivity index (χ1) is 9.72. The van der Waals surface area contributed by atoms with Crippen LogP contribution < -0.4 is 14.8 Å². The van der Waals surface area contributed by atoms with E-state index in [1.54, 1.807) is 11.3 Å². The topological polar surface area (TPSA) is 30.5 Å². The Morgan fingerprint density at radius 1 is 1.05 bits per heavy atom. The molecule has 2 aromatic rings. The third-order valence-corrected chi connectivity index (χ3v) is 4.26. The van der Waals surface area contributed by atoms with Crippen LogP contribution in [0.4, 0.5) is 5.69 Å². The highest BCUT2D eigenvalue weighted by Gasteiger charge is 2.06. The van der Waals surface area contributed by atoms with E-state index in [-0.39, 0.29) is 0 Å². The molecule has 1 N–H and O–H groups in total. The summed E-state index contributed by atoms with van der Waals surface area (Å²) in [5.41, 5.74) is 1.03. The predicted octanol–water partition coefficient (Wildman–Crippen LogP) is 4.92. The summed E-state index contributed by atoms with van der Waals surface area (Å²) in [5, 5.41) is 3.40. The molecule has 0 aliphatic heterocycles. The molecule has 0 amide bonds. The fraction of sp³-hybridized carbons (Fsp3) is 0.333. The maximum absolute atomic E-state index is 5.62. The van der Waals surface area contributed by atoms with Gasteiger partial charge in [-0.3, -0.25) is 0 Å². The number of rotatable bonds is 7. The number of thiophene rings is 1. The van der Waals surface area contributed by atoms with Crippen molar-refractivity contribution in [3.05, 3.63) is 39.0 Å². The molecular formula is C15H18BrNO2S. The number of benzene rings is 1. The SMILES string of the molecule is CCOc1ccc(NCc2ccc(Br)s2)cc1OCC. The molecule has 0 bridgehead atoms. The average molecular weight is 356 g/mol. The average Bonchev–Trinajstić information content (AvgIpc) is 2.85. The lowest BCUT2D eigenvalue weighted by molar-refractivity contribution is 0.288. The summed E-state index contributed by atoms with van der Waals surface area (Å²) in [5.74, 6) is 1.57. The van der Waals surface area contributed by atoms with Crippen molar-refractivity contribution in [3.8, 4) is 11.5 Å². The number of ether oxygens (including phenoxy) is 2. The van der Waals surface area contributed by atoms with E-state index in [0.29, 0.717) is 13.2 Å². The van der Waals surface area contributed by atoms with Gasteiger partial charge in [0.05, 0.1) is 17.0 Å². The van der Waals surface area contributed by atoms with Gasteiger partial charge < -0.3 is 14.8 Å². The first kappa shape index (κ1) is 15.2. The van der Waals surface area contributed by atoms with E-state index in [9.17, 15) is 0 Å². The summed E-state index contributed by atoms with van der Waals surface area (Å²) < 4.78 is 12.3. The van der Waals surface area contributed by atoms with Crippen molar-refractivity contribution in [2.24, 2.45) is 0 Å². The second kappa shape index (κ2) is 7.55. The predicted molar refractivity (Wildman–Crippen MR) is 88.1 cm³/mol. The lowest BCUT2D eigenvalue weighted by Gasteiger charge is -2.13. The van der Waals surface area contributed by atoms with E-state index in [1.807, 2.05) is 32.0 Å². The molecule has 108 valence electrons. The summed E-state index contributed by atoms with van der Waals surface area (Å²) in [4.78, 5) is 1.28. The minimum Gasteiger partial charge on any atom is -0.490 e. The van der Waals surface area contributed by atoms with Crippen molar-refractivity contribution in [2.75, 3.05) is 18.5 Å². The molecule has 3 nitrogen and oxygen atoms in total. The van der Waals surface area contributed by atoms with Gasteiger partial charge in [-0.05, 0) is 54.0 Å². The molecule has 0 aliphatic rings. The zero-order chi connectivity index (χ0) is 14.4. The summed E-state index contributed by atoms with van der Waals surface area (Å²) in [6, 6.07) is 10.1. The number of anilines is 1. The number of nitrogens with one attached hydrogen (secondary N) is 1. The standard InChI is InChI=1S/C15H18BrNO2S/c1-3-18-13-7-5-11(9-14(13)19-4-2)17-10-12-6-8-15(16)20-12/h5-9,17H,3-4,10H2,1-2H3. The van der Waals surface area contributed by atoms with Gasteiger partial charge in [0.1, 0.15) is 0 Å². The van der Waals surface area contributed by atoms with Crippen LogP contribution in [0.15, 0.2) is 34.1 Å². The minimum absolute atomic E-state index is 0.626. The molecule has 0 unspecified atom stereocenters. The van der Waals surface area contributed by atoms with E-state index in [1.165, 1.54) is 4.88 Å². The highest BCUT2D eigenvalue weighted by atomic mass is 79.9. The van der Waals surface area contributed by atoms with Crippen LogP contribution in [-0.2, 0) is 6.54 Å². The van der Waals surface area contributed by atoms with Crippen molar-refractivity contribution in [1.82, 2.24) is 0 Å². The number of hydrogen-bond acceptors (Lipinski definition) is 4. The van der Waals surface area contributed by atoms with Crippen molar-refractivity contribution in [3.63, 3.8) is 0 Å². The van der Waals surface area contributed by atoms with Crippen LogP contribution in [0.2, 0.25) is 0 Å². The van der Waals surface area contributed by atoms with E-state index in [0.717, 1.165) is 27.5 Å². The Labute approximate surface area is 132 Å². The van der Waals surface area contributed by atoms with Gasteiger partial charge in [0.25, 0.3) is 0 Å².